The Morgan fingerprint density at radius 2 is 2.04 bits per heavy atom. The number of aromatic nitrogens is 2. The van der Waals surface area contributed by atoms with Crippen molar-refractivity contribution >= 4 is 17.7 Å². The molecule has 0 radical (unpaired) electrons. The summed E-state index contributed by atoms with van der Waals surface area (Å²) in [4.78, 5) is 43.2. The highest BCUT2D eigenvalue weighted by molar-refractivity contribution is 5.96. The summed E-state index contributed by atoms with van der Waals surface area (Å²) in [6.07, 6.45) is 2.10. The summed E-state index contributed by atoms with van der Waals surface area (Å²) >= 11 is 0. The van der Waals surface area contributed by atoms with Gasteiger partial charge in [0.15, 0.2) is 0 Å². The first-order valence-electron chi connectivity index (χ1n) is 9.31. The van der Waals surface area contributed by atoms with Gasteiger partial charge in [-0.25, -0.2) is 0 Å². The predicted molar refractivity (Wildman–Crippen MR) is 95.3 cm³/mol. The maximum Gasteiger partial charge on any atom is 0.272 e. The summed E-state index contributed by atoms with van der Waals surface area (Å²) in [6.45, 7) is 8.67. The maximum atomic E-state index is 12.8. The fourth-order valence-electron chi connectivity index (χ4n) is 3.75. The maximum absolute atomic E-state index is 12.8. The molecule has 2 aliphatic heterocycles. The number of piperazine rings is 1. The summed E-state index contributed by atoms with van der Waals surface area (Å²) in [7, 11) is 0. The molecule has 0 spiro atoms. The molecule has 2 fully saturated rings. The lowest BCUT2D eigenvalue weighted by Gasteiger charge is -2.39. The summed E-state index contributed by atoms with van der Waals surface area (Å²) in [5, 5.41) is 4.15. The molecule has 0 aliphatic carbocycles. The summed E-state index contributed by atoms with van der Waals surface area (Å²) in [5.74, 6) is 0.203. The Labute approximate surface area is 153 Å². The van der Waals surface area contributed by atoms with Crippen LogP contribution in [0.4, 0.5) is 0 Å². The number of carbonyl (C=O) groups is 3. The average molecular weight is 361 g/mol. The molecule has 3 amide bonds. The highest BCUT2D eigenvalue weighted by atomic mass is 16.2. The third-order valence-corrected chi connectivity index (χ3v) is 5.01. The van der Waals surface area contributed by atoms with Gasteiger partial charge in [0.2, 0.25) is 11.8 Å². The molecular formula is C18H27N5O3. The Morgan fingerprint density at radius 1 is 1.27 bits per heavy atom. The van der Waals surface area contributed by atoms with Gasteiger partial charge in [0.05, 0.1) is 6.54 Å². The lowest BCUT2D eigenvalue weighted by atomic mass is 10.1. The number of hydrogen-bond donors (Lipinski definition) is 0. The van der Waals surface area contributed by atoms with Crippen molar-refractivity contribution < 1.29 is 14.4 Å². The molecule has 0 N–H and O–H groups in total. The molecule has 142 valence electrons. The molecule has 1 atom stereocenters. The Balaban J connectivity index is 1.74. The van der Waals surface area contributed by atoms with Crippen LogP contribution in [0.3, 0.4) is 0 Å². The van der Waals surface area contributed by atoms with E-state index < -0.39 is 6.04 Å². The van der Waals surface area contributed by atoms with Gasteiger partial charge in [-0.05, 0) is 25.3 Å². The first-order valence-corrected chi connectivity index (χ1v) is 9.31. The standard InChI is InChI=1S/C18H27N5O3/c1-4-23-15(5-7-19-23)18(26)20-8-6-14-17(25)21(11-13(2)3)12-16(24)22(14)10-9-20/h5,7,13-14H,4,6,8-12H2,1-3H3. The molecule has 1 aromatic rings. The van der Waals surface area contributed by atoms with E-state index in [1.807, 2.05) is 20.8 Å². The molecule has 1 unspecified atom stereocenters. The normalized spacial score (nSPS) is 21.2. The SMILES string of the molecule is CCn1nccc1C(=O)N1CCC2C(=O)N(CC(C)C)CC(=O)N2CC1. The van der Waals surface area contributed by atoms with Gasteiger partial charge in [-0.15, -0.1) is 0 Å². The van der Waals surface area contributed by atoms with E-state index in [1.165, 1.54) is 0 Å². The smallest absolute Gasteiger partial charge is 0.272 e. The molecule has 0 saturated carbocycles. The lowest BCUT2D eigenvalue weighted by Crippen LogP contribution is -2.60. The first-order chi connectivity index (χ1) is 12.4. The molecular weight excluding hydrogens is 334 g/mol. The molecule has 0 aromatic carbocycles. The van der Waals surface area contributed by atoms with E-state index in [-0.39, 0.29) is 24.3 Å². The van der Waals surface area contributed by atoms with Crippen LogP contribution in [0.5, 0.6) is 0 Å². The minimum absolute atomic E-state index is 0.00574. The van der Waals surface area contributed by atoms with E-state index in [1.54, 1.807) is 31.6 Å². The van der Waals surface area contributed by atoms with Gasteiger partial charge in [-0.3, -0.25) is 19.1 Å². The Kier molecular flexibility index (Phi) is 5.29. The largest absolute Gasteiger partial charge is 0.335 e. The Bertz CT molecular complexity index is 699. The molecule has 2 saturated heterocycles. The van der Waals surface area contributed by atoms with Crippen molar-refractivity contribution in [3.05, 3.63) is 18.0 Å². The van der Waals surface area contributed by atoms with Crippen LogP contribution in [0.1, 0.15) is 37.7 Å². The van der Waals surface area contributed by atoms with Crippen molar-refractivity contribution in [3.8, 4) is 0 Å². The molecule has 0 bridgehead atoms. The third-order valence-electron chi connectivity index (χ3n) is 5.01. The molecule has 8 nitrogen and oxygen atoms in total. The zero-order valence-corrected chi connectivity index (χ0v) is 15.7. The van der Waals surface area contributed by atoms with Gasteiger partial charge in [0.1, 0.15) is 11.7 Å². The van der Waals surface area contributed by atoms with E-state index in [0.29, 0.717) is 50.8 Å². The number of hydrogen-bond acceptors (Lipinski definition) is 4. The minimum Gasteiger partial charge on any atom is -0.335 e. The summed E-state index contributed by atoms with van der Waals surface area (Å²) < 4.78 is 1.67. The van der Waals surface area contributed by atoms with E-state index in [2.05, 4.69) is 5.10 Å². The van der Waals surface area contributed by atoms with Gasteiger partial charge in [0.25, 0.3) is 5.91 Å². The number of carbonyl (C=O) groups excluding carboxylic acids is 3. The molecule has 1 aromatic heterocycles. The van der Waals surface area contributed by atoms with Gasteiger partial charge < -0.3 is 14.7 Å². The van der Waals surface area contributed by atoms with Crippen molar-refractivity contribution in [2.45, 2.75) is 39.8 Å². The van der Waals surface area contributed by atoms with Crippen LogP contribution in [0.25, 0.3) is 0 Å². The number of nitrogens with zero attached hydrogens (tertiary/aromatic N) is 5. The van der Waals surface area contributed by atoms with Crippen LogP contribution >= 0.6 is 0 Å². The van der Waals surface area contributed by atoms with Gasteiger partial charge in [-0.1, -0.05) is 13.8 Å². The second-order valence-corrected chi connectivity index (χ2v) is 7.33. The van der Waals surface area contributed by atoms with Crippen molar-refractivity contribution in [2.24, 2.45) is 5.92 Å². The number of fused-ring (bicyclic) bond motifs is 1. The zero-order valence-electron chi connectivity index (χ0n) is 15.7. The molecule has 2 aliphatic rings. The molecule has 3 heterocycles. The van der Waals surface area contributed by atoms with Crippen molar-refractivity contribution in [3.63, 3.8) is 0 Å². The van der Waals surface area contributed by atoms with Gasteiger partial charge >= 0.3 is 0 Å². The molecule has 26 heavy (non-hydrogen) atoms. The second kappa shape index (κ2) is 7.47. The quantitative estimate of drug-likeness (QED) is 0.780. The van der Waals surface area contributed by atoms with Crippen LogP contribution in [0, 0.1) is 5.92 Å². The van der Waals surface area contributed by atoms with Gasteiger partial charge in [0, 0.05) is 38.9 Å². The predicted octanol–water partition coefficient (Wildman–Crippen LogP) is 0.444. The van der Waals surface area contributed by atoms with Crippen LogP contribution in [-0.2, 0) is 16.1 Å². The van der Waals surface area contributed by atoms with Crippen molar-refractivity contribution in [1.29, 1.82) is 0 Å². The average Bonchev–Trinajstić information content (AvgIpc) is 2.96. The summed E-state index contributed by atoms with van der Waals surface area (Å²) in [5.41, 5.74) is 0.548. The fourth-order valence-corrected chi connectivity index (χ4v) is 3.75. The Hall–Kier alpha value is -2.38. The summed E-state index contributed by atoms with van der Waals surface area (Å²) in [6, 6.07) is 1.26. The number of aryl methyl sites for hydroxylation is 1. The third kappa shape index (κ3) is 3.45. The van der Waals surface area contributed by atoms with E-state index >= 15 is 0 Å². The van der Waals surface area contributed by atoms with Crippen LogP contribution in [0.15, 0.2) is 12.3 Å². The highest BCUT2D eigenvalue weighted by Crippen LogP contribution is 2.21. The van der Waals surface area contributed by atoms with E-state index in [4.69, 9.17) is 0 Å². The molecule has 3 rings (SSSR count). The topological polar surface area (TPSA) is 78.8 Å². The minimum atomic E-state index is -0.455. The molecule has 8 heteroatoms. The van der Waals surface area contributed by atoms with Crippen LogP contribution in [0.2, 0.25) is 0 Å². The second-order valence-electron chi connectivity index (χ2n) is 7.33. The number of amides is 3. The van der Waals surface area contributed by atoms with E-state index in [9.17, 15) is 14.4 Å². The first kappa shape index (κ1) is 18.4. The number of rotatable bonds is 4. The van der Waals surface area contributed by atoms with Crippen molar-refractivity contribution in [1.82, 2.24) is 24.5 Å². The zero-order chi connectivity index (χ0) is 18.8. The van der Waals surface area contributed by atoms with Crippen molar-refractivity contribution in [2.75, 3.05) is 32.7 Å². The highest BCUT2D eigenvalue weighted by Gasteiger charge is 2.41. The monoisotopic (exact) mass is 361 g/mol. The lowest BCUT2D eigenvalue weighted by molar-refractivity contribution is -0.156. The van der Waals surface area contributed by atoms with E-state index in [0.717, 1.165) is 0 Å². The van der Waals surface area contributed by atoms with Crippen LogP contribution in [-0.4, -0.2) is 81.0 Å². The van der Waals surface area contributed by atoms with Crippen LogP contribution < -0.4 is 0 Å². The fraction of sp³-hybridized carbons (Fsp3) is 0.667. The van der Waals surface area contributed by atoms with Gasteiger partial charge in [-0.2, -0.15) is 5.10 Å². The Morgan fingerprint density at radius 3 is 2.73 bits per heavy atom.